The first-order chi connectivity index (χ1) is 5.70. The van der Waals surface area contributed by atoms with Crippen molar-refractivity contribution in [1.29, 1.82) is 0 Å². The minimum Gasteiger partial charge on any atom is -0.0625 e. The van der Waals surface area contributed by atoms with E-state index in [2.05, 4.69) is 20.8 Å². The lowest BCUT2D eigenvalue weighted by molar-refractivity contribution is 0.329. The largest absolute Gasteiger partial charge is 0.0625 e. The lowest BCUT2D eigenvalue weighted by Gasteiger charge is -2.18. The van der Waals surface area contributed by atoms with Crippen LogP contribution < -0.4 is 0 Å². The SMILES string of the molecule is CC1CCCCC(C)C(C)CC1. The molecule has 0 spiro atoms. The van der Waals surface area contributed by atoms with Crippen LogP contribution in [0.3, 0.4) is 0 Å². The van der Waals surface area contributed by atoms with Crippen LogP contribution in [0.1, 0.15) is 59.3 Å². The molecule has 0 aromatic carbocycles. The molecule has 0 heteroatoms. The van der Waals surface area contributed by atoms with Gasteiger partial charge >= 0.3 is 0 Å². The summed E-state index contributed by atoms with van der Waals surface area (Å²) in [4.78, 5) is 0. The van der Waals surface area contributed by atoms with Gasteiger partial charge in [-0.05, 0) is 17.8 Å². The summed E-state index contributed by atoms with van der Waals surface area (Å²) in [5.41, 5.74) is 0. The molecule has 0 aliphatic heterocycles. The van der Waals surface area contributed by atoms with Crippen LogP contribution in [0, 0.1) is 17.8 Å². The molecule has 0 bridgehead atoms. The summed E-state index contributed by atoms with van der Waals surface area (Å²) in [5.74, 6) is 2.92. The van der Waals surface area contributed by atoms with Gasteiger partial charge in [0.05, 0.1) is 0 Å². The Morgan fingerprint density at radius 1 is 0.667 bits per heavy atom. The van der Waals surface area contributed by atoms with Crippen LogP contribution in [0.15, 0.2) is 0 Å². The van der Waals surface area contributed by atoms with Gasteiger partial charge in [0, 0.05) is 0 Å². The Hall–Kier alpha value is 0. The third kappa shape index (κ3) is 3.16. The van der Waals surface area contributed by atoms with E-state index in [9.17, 15) is 0 Å². The summed E-state index contributed by atoms with van der Waals surface area (Å²) in [5, 5.41) is 0. The van der Waals surface area contributed by atoms with Crippen LogP contribution in [0.25, 0.3) is 0 Å². The van der Waals surface area contributed by atoms with Gasteiger partial charge in [0.15, 0.2) is 0 Å². The second-order valence-electron chi connectivity index (χ2n) is 4.92. The first-order valence-corrected chi connectivity index (χ1v) is 5.70. The lowest BCUT2D eigenvalue weighted by Crippen LogP contribution is -2.07. The molecule has 1 saturated carbocycles. The van der Waals surface area contributed by atoms with Crippen LogP contribution in [-0.4, -0.2) is 0 Å². The average Bonchev–Trinajstić information content (AvgIpc) is 2.11. The normalized spacial score (nSPS) is 39.8. The van der Waals surface area contributed by atoms with Gasteiger partial charge in [0.1, 0.15) is 0 Å². The zero-order valence-electron chi connectivity index (χ0n) is 8.97. The molecular formula is C12H24. The molecule has 0 saturated heterocycles. The Morgan fingerprint density at radius 2 is 1.25 bits per heavy atom. The predicted molar refractivity (Wildman–Crippen MR) is 55.2 cm³/mol. The van der Waals surface area contributed by atoms with E-state index in [4.69, 9.17) is 0 Å². The van der Waals surface area contributed by atoms with Crippen molar-refractivity contribution in [3.8, 4) is 0 Å². The number of hydrogen-bond acceptors (Lipinski definition) is 0. The molecule has 1 aliphatic rings. The predicted octanol–water partition coefficient (Wildman–Crippen LogP) is 4.25. The Balaban J connectivity index is 2.37. The highest BCUT2D eigenvalue weighted by Crippen LogP contribution is 2.28. The van der Waals surface area contributed by atoms with Crippen molar-refractivity contribution in [3.05, 3.63) is 0 Å². The van der Waals surface area contributed by atoms with E-state index < -0.39 is 0 Å². The summed E-state index contributed by atoms with van der Waals surface area (Å²) in [7, 11) is 0. The molecule has 0 aromatic rings. The maximum absolute atomic E-state index is 2.43. The van der Waals surface area contributed by atoms with E-state index in [-0.39, 0.29) is 0 Å². The molecule has 1 fully saturated rings. The Kier molecular flexibility index (Phi) is 4.11. The molecule has 1 rings (SSSR count). The fourth-order valence-corrected chi connectivity index (χ4v) is 2.22. The third-order valence-electron chi connectivity index (χ3n) is 3.69. The van der Waals surface area contributed by atoms with Gasteiger partial charge in [-0.25, -0.2) is 0 Å². The van der Waals surface area contributed by atoms with Crippen molar-refractivity contribution in [1.82, 2.24) is 0 Å². The molecular weight excluding hydrogens is 144 g/mol. The standard InChI is InChI=1S/C12H24/c1-10-6-4-5-7-11(2)12(3)9-8-10/h10-12H,4-9H2,1-3H3. The quantitative estimate of drug-likeness (QED) is 0.507. The van der Waals surface area contributed by atoms with Crippen LogP contribution in [0.5, 0.6) is 0 Å². The van der Waals surface area contributed by atoms with Crippen LogP contribution in [0.2, 0.25) is 0 Å². The maximum atomic E-state index is 2.43. The second-order valence-corrected chi connectivity index (χ2v) is 4.92. The zero-order valence-corrected chi connectivity index (χ0v) is 8.97. The monoisotopic (exact) mass is 168 g/mol. The van der Waals surface area contributed by atoms with Crippen molar-refractivity contribution in [2.24, 2.45) is 17.8 Å². The molecule has 72 valence electrons. The minimum absolute atomic E-state index is 0.963. The maximum Gasteiger partial charge on any atom is -0.0417 e. The molecule has 0 radical (unpaired) electrons. The lowest BCUT2D eigenvalue weighted by atomic mass is 9.88. The molecule has 3 atom stereocenters. The van der Waals surface area contributed by atoms with Gasteiger partial charge < -0.3 is 0 Å². The van der Waals surface area contributed by atoms with Gasteiger partial charge in [0.2, 0.25) is 0 Å². The zero-order chi connectivity index (χ0) is 8.97. The van der Waals surface area contributed by atoms with Crippen molar-refractivity contribution >= 4 is 0 Å². The first-order valence-electron chi connectivity index (χ1n) is 5.70. The molecule has 3 unspecified atom stereocenters. The molecule has 0 N–H and O–H groups in total. The molecule has 0 nitrogen and oxygen atoms in total. The number of rotatable bonds is 0. The third-order valence-corrected chi connectivity index (χ3v) is 3.69. The minimum atomic E-state index is 0.963. The van der Waals surface area contributed by atoms with Gasteiger partial charge in [0.25, 0.3) is 0 Å². The number of hydrogen-bond donors (Lipinski definition) is 0. The topological polar surface area (TPSA) is 0 Å². The van der Waals surface area contributed by atoms with Gasteiger partial charge in [-0.1, -0.05) is 59.3 Å². The van der Waals surface area contributed by atoms with E-state index in [1.807, 2.05) is 0 Å². The second kappa shape index (κ2) is 4.89. The van der Waals surface area contributed by atoms with Crippen LogP contribution in [-0.2, 0) is 0 Å². The summed E-state index contributed by atoms with van der Waals surface area (Å²) in [6.45, 7) is 7.28. The van der Waals surface area contributed by atoms with E-state index in [0.717, 1.165) is 17.8 Å². The van der Waals surface area contributed by atoms with Crippen molar-refractivity contribution in [3.63, 3.8) is 0 Å². The smallest absolute Gasteiger partial charge is 0.0417 e. The van der Waals surface area contributed by atoms with Gasteiger partial charge in [-0.3, -0.25) is 0 Å². The Morgan fingerprint density at radius 3 is 2.00 bits per heavy atom. The molecule has 0 aromatic heterocycles. The van der Waals surface area contributed by atoms with Gasteiger partial charge in [-0.15, -0.1) is 0 Å². The Bertz CT molecular complexity index is 117. The van der Waals surface area contributed by atoms with Gasteiger partial charge in [-0.2, -0.15) is 0 Å². The van der Waals surface area contributed by atoms with E-state index in [1.54, 1.807) is 0 Å². The van der Waals surface area contributed by atoms with Crippen LogP contribution >= 0.6 is 0 Å². The van der Waals surface area contributed by atoms with E-state index in [0.29, 0.717) is 0 Å². The highest BCUT2D eigenvalue weighted by atomic mass is 14.2. The fraction of sp³-hybridized carbons (Fsp3) is 1.00. The Labute approximate surface area is 77.7 Å². The molecule has 0 amide bonds. The van der Waals surface area contributed by atoms with Crippen molar-refractivity contribution in [2.45, 2.75) is 59.3 Å². The van der Waals surface area contributed by atoms with Crippen LogP contribution in [0.4, 0.5) is 0 Å². The molecule has 12 heavy (non-hydrogen) atoms. The highest BCUT2D eigenvalue weighted by molar-refractivity contribution is 4.67. The summed E-state index contributed by atoms with van der Waals surface area (Å²) >= 11 is 0. The summed E-state index contributed by atoms with van der Waals surface area (Å²) in [6.07, 6.45) is 8.80. The summed E-state index contributed by atoms with van der Waals surface area (Å²) in [6, 6.07) is 0. The highest BCUT2D eigenvalue weighted by Gasteiger charge is 2.15. The van der Waals surface area contributed by atoms with E-state index >= 15 is 0 Å². The van der Waals surface area contributed by atoms with Crippen molar-refractivity contribution < 1.29 is 0 Å². The average molecular weight is 168 g/mol. The first kappa shape index (κ1) is 10.1. The van der Waals surface area contributed by atoms with Crippen molar-refractivity contribution in [2.75, 3.05) is 0 Å². The fourth-order valence-electron chi connectivity index (χ4n) is 2.22. The van der Waals surface area contributed by atoms with E-state index in [1.165, 1.54) is 38.5 Å². The molecule has 1 aliphatic carbocycles. The summed E-state index contributed by atoms with van der Waals surface area (Å²) < 4.78 is 0. The molecule has 0 heterocycles.